The molecule has 0 saturated carbocycles. The summed E-state index contributed by atoms with van der Waals surface area (Å²) in [6.45, 7) is 1.82. The monoisotopic (exact) mass is 340 g/mol. The second kappa shape index (κ2) is 6.97. The molecule has 0 bridgehead atoms. The number of esters is 1. The van der Waals surface area contributed by atoms with Gasteiger partial charge in [0.25, 0.3) is 5.95 Å². The minimum absolute atomic E-state index is 0.104. The summed E-state index contributed by atoms with van der Waals surface area (Å²) < 4.78 is 9.82. The van der Waals surface area contributed by atoms with E-state index in [-0.39, 0.29) is 18.0 Å². The molecule has 0 fully saturated rings. The lowest BCUT2D eigenvalue weighted by Crippen LogP contribution is -2.30. The standard InChI is InChI=1S/C20H20O5/c1-3-25-20(23)17(19(22)24-2)16-11-10-14-13-7-5-4-6-12(13)8-9-15(14)18(16)21/h4-9,16,22H,3,10-11H2,1-2H3/b19-17+. The van der Waals surface area contributed by atoms with Crippen LogP contribution in [-0.2, 0) is 20.7 Å². The highest BCUT2D eigenvalue weighted by atomic mass is 16.6. The van der Waals surface area contributed by atoms with Crippen molar-refractivity contribution < 1.29 is 24.2 Å². The molecule has 2 aromatic rings. The second-order valence-electron chi connectivity index (χ2n) is 5.91. The van der Waals surface area contributed by atoms with Crippen LogP contribution in [0.1, 0.15) is 29.3 Å². The Kier molecular flexibility index (Phi) is 4.74. The smallest absolute Gasteiger partial charge is 0.341 e. The first-order chi connectivity index (χ1) is 12.1. The van der Waals surface area contributed by atoms with Gasteiger partial charge >= 0.3 is 5.97 Å². The van der Waals surface area contributed by atoms with Gasteiger partial charge in [-0.05, 0) is 36.1 Å². The maximum atomic E-state index is 13.0. The topological polar surface area (TPSA) is 72.8 Å². The number of aliphatic hydroxyl groups is 1. The summed E-state index contributed by atoms with van der Waals surface area (Å²) in [5.41, 5.74) is 1.47. The van der Waals surface area contributed by atoms with Gasteiger partial charge in [-0.15, -0.1) is 0 Å². The predicted octanol–water partition coefficient (Wildman–Crippen LogP) is 3.56. The molecule has 0 amide bonds. The second-order valence-corrected chi connectivity index (χ2v) is 5.91. The molecule has 5 nitrogen and oxygen atoms in total. The number of carbonyl (C=O) groups is 2. The van der Waals surface area contributed by atoms with Gasteiger partial charge in [-0.1, -0.05) is 36.4 Å². The number of methoxy groups -OCH3 is 1. The Balaban J connectivity index is 2.06. The average molecular weight is 340 g/mol. The molecule has 2 aromatic carbocycles. The van der Waals surface area contributed by atoms with E-state index in [9.17, 15) is 14.7 Å². The summed E-state index contributed by atoms with van der Waals surface area (Å²) in [6, 6.07) is 11.6. The van der Waals surface area contributed by atoms with Crippen molar-refractivity contribution in [3.8, 4) is 0 Å². The van der Waals surface area contributed by atoms with Crippen molar-refractivity contribution in [1.29, 1.82) is 0 Å². The van der Waals surface area contributed by atoms with Gasteiger partial charge in [0.1, 0.15) is 5.57 Å². The Morgan fingerprint density at radius 3 is 2.72 bits per heavy atom. The van der Waals surface area contributed by atoms with Gasteiger partial charge in [0, 0.05) is 5.56 Å². The number of rotatable bonds is 4. The third-order valence-electron chi connectivity index (χ3n) is 4.57. The lowest BCUT2D eigenvalue weighted by molar-refractivity contribution is -0.139. The molecule has 0 heterocycles. The van der Waals surface area contributed by atoms with E-state index < -0.39 is 17.8 Å². The minimum Gasteiger partial charge on any atom is -0.481 e. The molecule has 1 N–H and O–H groups in total. The van der Waals surface area contributed by atoms with Gasteiger partial charge in [0.15, 0.2) is 5.78 Å². The number of Topliss-reactive ketones (excluding diaryl/α,β-unsaturated/α-hetero) is 1. The summed E-state index contributed by atoms with van der Waals surface area (Å²) in [7, 11) is 1.25. The van der Waals surface area contributed by atoms with Crippen LogP contribution in [0.15, 0.2) is 47.9 Å². The van der Waals surface area contributed by atoms with Gasteiger partial charge in [0.2, 0.25) is 0 Å². The molecular weight excluding hydrogens is 320 g/mol. The Labute approximate surface area is 145 Å². The number of hydrogen-bond acceptors (Lipinski definition) is 5. The van der Waals surface area contributed by atoms with Gasteiger partial charge in [-0.2, -0.15) is 0 Å². The zero-order valence-corrected chi connectivity index (χ0v) is 14.2. The molecule has 25 heavy (non-hydrogen) atoms. The first-order valence-electron chi connectivity index (χ1n) is 8.27. The number of fused-ring (bicyclic) bond motifs is 3. The van der Waals surface area contributed by atoms with E-state index in [2.05, 4.69) is 0 Å². The van der Waals surface area contributed by atoms with Crippen LogP contribution in [0, 0.1) is 5.92 Å². The molecular formula is C20H20O5. The Morgan fingerprint density at radius 1 is 1.24 bits per heavy atom. The number of aliphatic hydroxyl groups excluding tert-OH is 1. The molecule has 130 valence electrons. The van der Waals surface area contributed by atoms with Crippen LogP contribution >= 0.6 is 0 Å². The Morgan fingerprint density at radius 2 is 2.00 bits per heavy atom. The van der Waals surface area contributed by atoms with Crippen LogP contribution in [0.5, 0.6) is 0 Å². The molecule has 0 aliphatic heterocycles. The highest BCUT2D eigenvalue weighted by molar-refractivity contribution is 6.09. The molecule has 1 aliphatic rings. The molecule has 0 spiro atoms. The summed E-state index contributed by atoms with van der Waals surface area (Å²) in [5, 5.41) is 12.1. The van der Waals surface area contributed by atoms with Gasteiger partial charge < -0.3 is 14.6 Å². The van der Waals surface area contributed by atoms with Crippen molar-refractivity contribution in [3.63, 3.8) is 0 Å². The molecule has 0 aromatic heterocycles. The molecule has 0 radical (unpaired) electrons. The maximum absolute atomic E-state index is 13.0. The molecule has 5 heteroatoms. The van der Waals surface area contributed by atoms with Crippen LogP contribution < -0.4 is 0 Å². The molecule has 1 atom stereocenters. The number of carbonyl (C=O) groups excluding carboxylic acids is 2. The number of hydrogen-bond donors (Lipinski definition) is 1. The molecule has 0 saturated heterocycles. The van der Waals surface area contributed by atoms with Crippen LogP contribution in [0.4, 0.5) is 0 Å². The fourth-order valence-electron chi connectivity index (χ4n) is 3.42. The summed E-state index contributed by atoms with van der Waals surface area (Å²) in [5.74, 6) is -2.24. The quantitative estimate of drug-likeness (QED) is 0.523. The lowest BCUT2D eigenvalue weighted by Gasteiger charge is -2.25. The van der Waals surface area contributed by atoms with Crippen molar-refractivity contribution in [2.75, 3.05) is 13.7 Å². The molecule has 1 aliphatic carbocycles. The number of aryl methyl sites for hydroxylation is 1. The van der Waals surface area contributed by atoms with Crippen LogP contribution in [0.3, 0.4) is 0 Å². The van der Waals surface area contributed by atoms with Crippen LogP contribution in [0.25, 0.3) is 10.8 Å². The number of benzene rings is 2. The first kappa shape index (κ1) is 17.0. The van der Waals surface area contributed by atoms with E-state index in [0.717, 1.165) is 16.3 Å². The Hall–Kier alpha value is -2.82. The largest absolute Gasteiger partial charge is 0.481 e. The lowest BCUT2D eigenvalue weighted by atomic mass is 9.77. The Bertz CT molecular complexity index is 866. The normalized spacial score (nSPS) is 17.7. The van der Waals surface area contributed by atoms with E-state index in [1.807, 2.05) is 30.3 Å². The summed E-state index contributed by atoms with van der Waals surface area (Å²) in [4.78, 5) is 25.3. The van der Waals surface area contributed by atoms with E-state index in [1.54, 1.807) is 13.0 Å². The van der Waals surface area contributed by atoms with Gasteiger partial charge in [0.05, 0.1) is 19.6 Å². The van der Waals surface area contributed by atoms with Crippen LogP contribution in [-0.4, -0.2) is 30.6 Å². The third kappa shape index (κ3) is 2.97. The maximum Gasteiger partial charge on any atom is 0.341 e. The van der Waals surface area contributed by atoms with Crippen molar-refractivity contribution >= 4 is 22.5 Å². The van der Waals surface area contributed by atoms with E-state index in [4.69, 9.17) is 9.47 Å². The van der Waals surface area contributed by atoms with Gasteiger partial charge in [-0.3, -0.25) is 4.79 Å². The molecule has 3 rings (SSSR count). The van der Waals surface area contributed by atoms with E-state index >= 15 is 0 Å². The molecule has 1 unspecified atom stereocenters. The zero-order valence-electron chi connectivity index (χ0n) is 14.2. The minimum atomic E-state index is -0.771. The number of ketones is 1. The van der Waals surface area contributed by atoms with E-state index in [0.29, 0.717) is 18.4 Å². The zero-order chi connectivity index (χ0) is 18.0. The summed E-state index contributed by atoms with van der Waals surface area (Å²) in [6.07, 6.45) is 1.05. The predicted molar refractivity (Wildman–Crippen MR) is 93.4 cm³/mol. The van der Waals surface area contributed by atoms with Crippen molar-refractivity contribution in [2.24, 2.45) is 5.92 Å². The number of ether oxygens (including phenoxy) is 2. The third-order valence-corrected chi connectivity index (χ3v) is 4.57. The van der Waals surface area contributed by atoms with Crippen molar-refractivity contribution in [1.82, 2.24) is 0 Å². The van der Waals surface area contributed by atoms with Crippen LogP contribution in [0.2, 0.25) is 0 Å². The summed E-state index contributed by atoms with van der Waals surface area (Å²) >= 11 is 0. The highest BCUT2D eigenvalue weighted by Crippen LogP contribution is 2.35. The average Bonchev–Trinajstić information content (AvgIpc) is 2.63. The van der Waals surface area contributed by atoms with E-state index in [1.165, 1.54) is 7.11 Å². The van der Waals surface area contributed by atoms with Crippen molar-refractivity contribution in [3.05, 3.63) is 59.0 Å². The fraction of sp³-hybridized carbons (Fsp3) is 0.300. The van der Waals surface area contributed by atoms with Crippen molar-refractivity contribution in [2.45, 2.75) is 19.8 Å². The first-order valence-corrected chi connectivity index (χ1v) is 8.27. The SMILES string of the molecule is CCOC(=O)/C(=C(\O)OC)C1CCc2c(ccc3ccccc23)C1=O. The van der Waals surface area contributed by atoms with Gasteiger partial charge in [-0.25, -0.2) is 4.79 Å². The highest BCUT2D eigenvalue weighted by Gasteiger charge is 2.37. The fourth-order valence-corrected chi connectivity index (χ4v) is 3.42.